The molecule has 84 valence electrons. The van der Waals surface area contributed by atoms with Gasteiger partial charge in [-0.1, -0.05) is 35.9 Å². The van der Waals surface area contributed by atoms with E-state index in [-0.39, 0.29) is 0 Å². The van der Waals surface area contributed by atoms with E-state index in [9.17, 15) is 0 Å². The molecule has 17 heavy (non-hydrogen) atoms. The lowest BCUT2D eigenvalue weighted by Gasteiger charge is -2.07. The van der Waals surface area contributed by atoms with Gasteiger partial charge in [0.15, 0.2) is 0 Å². The smallest absolute Gasteiger partial charge is 0.121 e. The monoisotopic (exact) mass is 243 g/mol. The van der Waals surface area contributed by atoms with Crippen LogP contribution in [0.25, 0.3) is 0 Å². The van der Waals surface area contributed by atoms with E-state index < -0.39 is 0 Å². The molecule has 0 aliphatic rings. The molecule has 0 aromatic heterocycles. The van der Waals surface area contributed by atoms with E-state index >= 15 is 0 Å². The van der Waals surface area contributed by atoms with Crippen LogP contribution in [0, 0.1) is 11.3 Å². The molecule has 0 amide bonds. The van der Waals surface area contributed by atoms with Crippen LogP contribution in [0.4, 0.5) is 0 Å². The third-order valence-corrected chi connectivity index (χ3v) is 2.56. The van der Waals surface area contributed by atoms with E-state index in [1.165, 1.54) is 0 Å². The third kappa shape index (κ3) is 2.99. The third-order valence-electron chi connectivity index (χ3n) is 2.33. The molecule has 2 aromatic rings. The SMILES string of the molecule is N#Cc1ccccc1COc1cccc(Cl)c1. The maximum absolute atomic E-state index is 8.93. The molecule has 2 aromatic carbocycles. The molecule has 0 bridgehead atoms. The first-order chi connectivity index (χ1) is 8.29. The van der Waals surface area contributed by atoms with Crippen LogP contribution in [-0.4, -0.2) is 0 Å². The molecule has 0 aliphatic heterocycles. The molecule has 0 saturated carbocycles. The van der Waals surface area contributed by atoms with Crippen molar-refractivity contribution in [3.8, 4) is 11.8 Å². The Kier molecular flexibility index (Phi) is 3.64. The first kappa shape index (κ1) is 11.5. The van der Waals surface area contributed by atoms with E-state index in [1.54, 1.807) is 18.2 Å². The van der Waals surface area contributed by atoms with Crippen LogP contribution in [0.1, 0.15) is 11.1 Å². The molecule has 0 saturated heterocycles. The lowest BCUT2D eigenvalue weighted by Crippen LogP contribution is -1.97. The number of hydrogen-bond acceptors (Lipinski definition) is 2. The summed E-state index contributed by atoms with van der Waals surface area (Å²) in [7, 11) is 0. The van der Waals surface area contributed by atoms with E-state index in [1.807, 2.05) is 30.3 Å². The highest BCUT2D eigenvalue weighted by Gasteiger charge is 2.01. The molecule has 0 radical (unpaired) electrons. The van der Waals surface area contributed by atoms with Crippen LogP contribution in [0.3, 0.4) is 0 Å². The fourth-order valence-corrected chi connectivity index (χ4v) is 1.65. The number of ether oxygens (including phenoxy) is 1. The van der Waals surface area contributed by atoms with Crippen molar-refractivity contribution in [1.29, 1.82) is 5.26 Å². The normalized spacial score (nSPS) is 9.65. The van der Waals surface area contributed by atoms with Crippen molar-refractivity contribution in [3.63, 3.8) is 0 Å². The molecule has 3 heteroatoms. The standard InChI is InChI=1S/C14H10ClNO/c15-13-6-3-7-14(8-13)17-10-12-5-2-1-4-11(12)9-16/h1-8H,10H2. The highest BCUT2D eigenvalue weighted by atomic mass is 35.5. The van der Waals surface area contributed by atoms with E-state index in [0.717, 1.165) is 5.56 Å². The van der Waals surface area contributed by atoms with Crippen molar-refractivity contribution >= 4 is 11.6 Å². The maximum atomic E-state index is 8.93. The van der Waals surface area contributed by atoms with Crippen LogP contribution < -0.4 is 4.74 Å². The van der Waals surface area contributed by atoms with Gasteiger partial charge in [-0.05, 0) is 24.3 Å². The van der Waals surface area contributed by atoms with E-state index in [4.69, 9.17) is 21.6 Å². The Morgan fingerprint density at radius 1 is 1.12 bits per heavy atom. The fourth-order valence-electron chi connectivity index (χ4n) is 1.47. The number of halogens is 1. The Morgan fingerprint density at radius 3 is 2.71 bits per heavy atom. The molecule has 2 rings (SSSR count). The summed E-state index contributed by atoms with van der Waals surface area (Å²) in [6.07, 6.45) is 0. The number of hydrogen-bond donors (Lipinski definition) is 0. The van der Waals surface area contributed by atoms with Gasteiger partial charge < -0.3 is 4.74 Å². The first-order valence-electron chi connectivity index (χ1n) is 5.16. The van der Waals surface area contributed by atoms with Gasteiger partial charge in [-0.15, -0.1) is 0 Å². The highest BCUT2D eigenvalue weighted by molar-refractivity contribution is 6.30. The zero-order chi connectivity index (χ0) is 12.1. The Bertz CT molecular complexity index is 560. The zero-order valence-corrected chi connectivity index (χ0v) is 9.82. The van der Waals surface area contributed by atoms with Crippen LogP contribution in [0.5, 0.6) is 5.75 Å². The maximum Gasteiger partial charge on any atom is 0.121 e. The molecule has 0 atom stereocenters. The summed E-state index contributed by atoms with van der Waals surface area (Å²) in [4.78, 5) is 0. The first-order valence-corrected chi connectivity index (χ1v) is 5.54. The lowest BCUT2D eigenvalue weighted by molar-refractivity contribution is 0.306. The Labute approximate surface area is 105 Å². The second-order valence-electron chi connectivity index (χ2n) is 3.52. The molecule has 2 nitrogen and oxygen atoms in total. The second-order valence-corrected chi connectivity index (χ2v) is 3.95. The van der Waals surface area contributed by atoms with Gasteiger partial charge in [0, 0.05) is 10.6 Å². The number of benzene rings is 2. The molecular weight excluding hydrogens is 234 g/mol. The Morgan fingerprint density at radius 2 is 1.94 bits per heavy atom. The van der Waals surface area contributed by atoms with Crippen molar-refractivity contribution in [3.05, 3.63) is 64.7 Å². The average Bonchev–Trinajstić information content (AvgIpc) is 2.37. The molecule has 0 fully saturated rings. The molecular formula is C14H10ClNO. The summed E-state index contributed by atoms with van der Waals surface area (Å²) >= 11 is 5.85. The van der Waals surface area contributed by atoms with E-state index in [2.05, 4.69) is 6.07 Å². The van der Waals surface area contributed by atoms with Gasteiger partial charge in [-0.25, -0.2) is 0 Å². The molecule has 0 spiro atoms. The van der Waals surface area contributed by atoms with Gasteiger partial charge in [0.2, 0.25) is 0 Å². The molecule has 0 N–H and O–H groups in total. The summed E-state index contributed by atoms with van der Waals surface area (Å²) in [5.74, 6) is 0.699. The summed E-state index contributed by atoms with van der Waals surface area (Å²) in [5, 5.41) is 9.57. The van der Waals surface area contributed by atoms with Crippen LogP contribution in [0.15, 0.2) is 48.5 Å². The number of nitriles is 1. The molecule has 0 heterocycles. The predicted molar refractivity (Wildman–Crippen MR) is 66.9 cm³/mol. The van der Waals surface area contributed by atoms with Crippen LogP contribution in [0.2, 0.25) is 5.02 Å². The summed E-state index contributed by atoms with van der Waals surface area (Å²) in [6.45, 7) is 0.365. The van der Waals surface area contributed by atoms with Gasteiger partial charge >= 0.3 is 0 Å². The van der Waals surface area contributed by atoms with Crippen LogP contribution in [-0.2, 0) is 6.61 Å². The number of nitrogens with zero attached hydrogens (tertiary/aromatic N) is 1. The Hall–Kier alpha value is -1.98. The minimum Gasteiger partial charge on any atom is -0.489 e. The molecule has 0 unspecified atom stereocenters. The van der Waals surface area contributed by atoms with Crippen molar-refractivity contribution in [2.45, 2.75) is 6.61 Å². The topological polar surface area (TPSA) is 33.0 Å². The zero-order valence-electron chi connectivity index (χ0n) is 9.06. The van der Waals surface area contributed by atoms with Crippen molar-refractivity contribution in [2.75, 3.05) is 0 Å². The van der Waals surface area contributed by atoms with Crippen molar-refractivity contribution in [1.82, 2.24) is 0 Å². The quantitative estimate of drug-likeness (QED) is 0.822. The fraction of sp³-hybridized carbons (Fsp3) is 0.0714. The minimum absolute atomic E-state index is 0.365. The van der Waals surface area contributed by atoms with Crippen molar-refractivity contribution in [2.24, 2.45) is 0 Å². The predicted octanol–water partition coefficient (Wildman–Crippen LogP) is 3.79. The van der Waals surface area contributed by atoms with Gasteiger partial charge in [0.25, 0.3) is 0 Å². The summed E-state index contributed by atoms with van der Waals surface area (Å²) < 4.78 is 5.58. The van der Waals surface area contributed by atoms with Gasteiger partial charge in [0.1, 0.15) is 12.4 Å². The largest absolute Gasteiger partial charge is 0.489 e. The molecule has 0 aliphatic carbocycles. The average molecular weight is 244 g/mol. The number of rotatable bonds is 3. The van der Waals surface area contributed by atoms with E-state index in [0.29, 0.717) is 22.9 Å². The minimum atomic E-state index is 0.365. The Balaban J connectivity index is 2.10. The van der Waals surface area contributed by atoms with Gasteiger partial charge in [0.05, 0.1) is 11.6 Å². The van der Waals surface area contributed by atoms with Gasteiger partial charge in [-0.2, -0.15) is 5.26 Å². The summed E-state index contributed by atoms with van der Waals surface area (Å²) in [5.41, 5.74) is 1.50. The van der Waals surface area contributed by atoms with Crippen LogP contribution >= 0.6 is 11.6 Å². The highest BCUT2D eigenvalue weighted by Crippen LogP contribution is 2.19. The second kappa shape index (κ2) is 5.38. The van der Waals surface area contributed by atoms with Crippen molar-refractivity contribution < 1.29 is 4.74 Å². The van der Waals surface area contributed by atoms with Gasteiger partial charge in [-0.3, -0.25) is 0 Å². The summed E-state index contributed by atoms with van der Waals surface area (Å²) in [6, 6.07) is 16.7. The lowest BCUT2D eigenvalue weighted by atomic mass is 10.1.